The minimum Gasteiger partial charge on any atom is -0.333 e. The average molecular weight is 653 g/mol. The number of allylic oxidation sites excluding steroid dienone is 4. The molecular weight excluding hydrogens is 621 g/mol. The van der Waals surface area contributed by atoms with Crippen molar-refractivity contribution in [3.63, 3.8) is 0 Å². The summed E-state index contributed by atoms with van der Waals surface area (Å²) in [6.07, 6.45) is 8.97. The van der Waals surface area contributed by atoms with Crippen molar-refractivity contribution in [2.24, 2.45) is 5.92 Å². The Labute approximate surface area is 294 Å². The maximum atomic E-state index is 5.47. The van der Waals surface area contributed by atoms with Gasteiger partial charge in [-0.2, -0.15) is 0 Å². The van der Waals surface area contributed by atoms with Crippen LogP contribution >= 0.6 is 0 Å². The highest BCUT2D eigenvalue weighted by Crippen LogP contribution is 2.43. The third-order valence-corrected chi connectivity index (χ3v) is 11.0. The highest BCUT2D eigenvalue weighted by atomic mass is 15.1. The molecule has 0 spiro atoms. The number of aromatic nitrogens is 4. The molecule has 0 fully saturated rings. The summed E-state index contributed by atoms with van der Waals surface area (Å²) in [5.41, 5.74) is 8.33. The van der Waals surface area contributed by atoms with Gasteiger partial charge in [-0.15, -0.1) is 0 Å². The molecule has 7 aromatic carbocycles. The van der Waals surface area contributed by atoms with Gasteiger partial charge in [0.25, 0.3) is 0 Å². The van der Waals surface area contributed by atoms with E-state index in [1.807, 2.05) is 12.1 Å². The molecule has 2 atom stereocenters. The molecule has 0 N–H and O–H groups in total. The highest BCUT2D eigenvalue weighted by Gasteiger charge is 2.25. The highest BCUT2D eigenvalue weighted by molar-refractivity contribution is 6.28. The van der Waals surface area contributed by atoms with E-state index in [4.69, 9.17) is 9.97 Å². The summed E-state index contributed by atoms with van der Waals surface area (Å²) in [5, 5.41) is 9.90. The van der Waals surface area contributed by atoms with Crippen LogP contribution in [0.4, 0.5) is 0 Å². The Morgan fingerprint density at radius 1 is 0.490 bits per heavy atom. The van der Waals surface area contributed by atoms with Crippen LogP contribution in [0.3, 0.4) is 0 Å². The minimum atomic E-state index is 0.203. The predicted molar refractivity (Wildman–Crippen MR) is 214 cm³/mol. The molecule has 4 heteroatoms. The number of para-hydroxylation sites is 3. The Balaban J connectivity index is 1.27. The van der Waals surface area contributed by atoms with Crippen LogP contribution in [0.2, 0.25) is 0 Å². The monoisotopic (exact) mass is 652 g/mol. The summed E-state index contributed by atoms with van der Waals surface area (Å²) in [7, 11) is 0. The first-order valence-corrected chi connectivity index (χ1v) is 17.7. The van der Waals surface area contributed by atoms with Crippen LogP contribution < -0.4 is 0 Å². The molecule has 240 valence electrons. The van der Waals surface area contributed by atoms with Gasteiger partial charge in [-0.05, 0) is 63.9 Å². The molecule has 4 nitrogen and oxygen atoms in total. The number of fused-ring (bicyclic) bond motifs is 11. The maximum absolute atomic E-state index is 5.47. The normalized spacial score (nSPS) is 16.2. The van der Waals surface area contributed by atoms with E-state index in [1.165, 1.54) is 54.1 Å². The summed E-state index contributed by atoms with van der Waals surface area (Å²) in [4.78, 5) is 10.9. The van der Waals surface area contributed by atoms with Crippen LogP contribution in [-0.2, 0) is 0 Å². The second-order valence-electron chi connectivity index (χ2n) is 13.8. The van der Waals surface area contributed by atoms with Crippen molar-refractivity contribution in [3.8, 4) is 17.1 Å². The molecule has 3 heterocycles. The van der Waals surface area contributed by atoms with Gasteiger partial charge in [0.1, 0.15) is 5.69 Å². The second kappa shape index (κ2) is 10.7. The Kier molecular flexibility index (Phi) is 5.97. The molecule has 0 amide bonds. The molecule has 0 aliphatic heterocycles. The molecular formula is C47H32N4. The lowest BCUT2D eigenvalue weighted by Crippen LogP contribution is -2.15. The molecule has 0 saturated heterocycles. The molecule has 0 radical (unpaired) electrons. The Hall–Kier alpha value is -6.52. The first-order chi connectivity index (χ1) is 25.2. The summed E-state index contributed by atoms with van der Waals surface area (Å²) in [6.45, 7) is 2.30. The van der Waals surface area contributed by atoms with E-state index in [-0.39, 0.29) is 6.04 Å². The lowest BCUT2D eigenvalue weighted by Gasteiger charge is -2.24. The third-order valence-electron chi connectivity index (χ3n) is 11.0. The van der Waals surface area contributed by atoms with Gasteiger partial charge in [0.2, 0.25) is 0 Å². The summed E-state index contributed by atoms with van der Waals surface area (Å²) in [6, 6.07) is 50.5. The van der Waals surface area contributed by atoms with Crippen molar-refractivity contribution in [2.45, 2.75) is 13.0 Å². The molecule has 51 heavy (non-hydrogen) atoms. The molecule has 1 aliphatic rings. The average Bonchev–Trinajstić information content (AvgIpc) is 3.70. The fourth-order valence-electron chi connectivity index (χ4n) is 8.61. The van der Waals surface area contributed by atoms with Crippen LogP contribution in [0, 0.1) is 5.92 Å². The van der Waals surface area contributed by atoms with E-state index in [0.717, 1.165) is 39.1 Å². The molecule has 3 aromatic heterocycles. The fraction of sp³-hybridized carbons (Fsp3) is 0.0638. The van der Waals surface area contributed by atoms with Gasteiger partial charge < -0.3 is 4.57 Å². The number of rotatable bonds is 3. The molecule has 0 bridgehead atoms. The van der Waals surface area contributed by atoms with E-state index >= 15 is 0 Å². The van der Waals surface area contributed by atoms with Crippen molar-refractivity contribution in [1.82, 2.24) is 19.1 Å². The zero-order valence-electron chi connectivity index (χ0n) is 28.0. The molecule has 0 saturated carbocycles. The van der Waals surface area contributed by atoms with Gasteiger partial charge in [-0.3, -0.25) is 4.57 Å². The molecule has 10 aromatic rings. The van der Waals surface area contributed by atoms with Gasteiger partial charge in [-0.1, -0.05) is 134 Å². The Bertz CT molecular complexity index is 3030. The lowest BCUT2D eigenvalue weighted by molar-refractivity contribution is 0.510. The molecule has 1 aliphatic carbocycles. The summed E-state index contributed by atoms with van der Waals surface area (Å²) < 4.78 is 4.88. The largest absolute Gasteiger partial charge is 0.333 e. The van der Waals surface area contributed by atoms with Gasteiger partial charge in [0.05, 0.1) is 33.6 Å². The van der Waals surface area contributed by atoms with E-state index in [1.54, 1.807) is 0 Å². The van der Waals surface area contributed by atoms with Crippen LogP contribution in [0.15, 0.2) is 164 Å². The van der Waals surface area contributed by atoms with E-state index < -0.39 is 0 Å². The maximum Gasteiger partial charge on any atom is 0.165 e. The standard InChI is InChI=1S/C47H32N4/c1-29-12-2-10-20-39(29)50-40-21-11-7-17-35(40)36-25-22-32(28-43(36)50)46-47(49-38-19-9-8-18-37(38)48-46)51-41-26-23-30-13-3-5-15-33(30)44(41)45-34-16-6-4-14-31(34)24-27-42(45)51/h2-29,39H,1H3. The zero-order chi connectivity index (χ0) is 33.6. The van der Waals surface area contributed by atoms with E-state index in [2.05, 4.69) is 168 Å². The second-order valence-corrected chi connectivity index (χ2v) is 13.8. The van der Waals surface area contributed by atoms with Gasteiger partial charge in [0, 0.05) is 32.6 Å². The van der Waals surface area contributed by atoms with E-state index in [0.29, 0.717) is 5.92 Å². The van der Waals surface area contributed by atoms with Crippen molar-refractivity contribution in [1.29, 1.82) is 0 Å². The van der Waals surface area contributed by atoms with Gasteiger partial charge >= 0.3 is 0 Å². The zero-order valence-corrected chi connectivity index (χ0v) is 28.0. The number of nitrogens with zero attached hydrogens (tertiary/aromatic N) is 4. The van der Waals surface area contributed by atoms with Crippen molar-refractivity contribution in [2.75, 3.05) is 0 Å². The SMILES string of the molecule is CC1C=CC=CC1n1c2ccccc2c2ccc(-c3nc4ccccc4nc3-n3c4ccc5ccccc5c4c4c5ccccc5ccc43)cc21. The van der Waals surface area contributed by atoms with Crippen LogP contribution in [-0.4, -0.2) is 19.1 Å². The lowest BCUT2D eigenvalue weighted by atomic mass is 9.96. The van der Waals surface area contributed by atoms with Crippen molar-refractivity contribution in [3.05, 3.63) is 164 Å². The minimum absolute atomic E-state index is 0.203. The number of benzene rings is 7. The van der Waals surface area contributed by atoms with Gasteiger partial charge in [0.15, 0.2) is 5.82 Å². The van der Waals surface area contributed by atoms with Crippen molar-refractivity contribution < 1.29 is 0 Å². The van der Waals surface area contributed by atoms with E-state index in [9.17, 15) is 0 Å². The number of hydrogen-bond donors (Lipinski definition) is 0. The first-order valence-electron chi connectivity index (χ1n) is 17.7. The molecule has 2 unspecified atom stereocenters. The summed E-state index contributed by atoms with van der Waals surface area (Å²) >= 11 is 0. The van der Waals surface area contributed by atoms with Crippen LogP contribution in [0.25, 0.3) is 93.3 Å². The Morgan fingerprint density at radius 2 is 1.08 bits per heavy atom. The molecule has 11 rings (SSSR count). The fourth-order valence-corrected chi connectivity index (χ4v) is 8.61. The first kappa shape index (κ1) is 28.3. The van der Waals surface area contributed by atoms with Crippen molar-refractivity contribution >= 4 is 76.2 Å². The quantitative estimate of drug-likeness (QED) is 0.190. The smallest absolute Gasteiger partial charge is 0.165 e. The van der Waals surface area contributed by atoms with Crippen LogP contribution in [0.1, 0.15) is 13.0 Å². The predicted octanol–water partition coefficient (Wildman–Crippen LogP) is 12.1. The summed E-state index contributed by atoms with van der Waals surface area (Å²) in [5.74, 6) is 1.19. The Morgan fingerprint density at radius 3 is 1.78 bits per heavy atom. The van der Waals surface area contributed by atoms with Gasteiger partial charge in [-0.25, -0.2) is 9.97 Å². The number of hydrogen-bond acceptors (Lipinski definition) is 2. The topological polar surface area (TPSA) is 35.6 Å². The van der Waals surface area contributed by atoms with Crippen LogP contribution in [0.5, 0.6) is 0 Å². The third kappa shape index (κ3) is 4.08.